The number of carbonyl (C=O) groups is 1. The summed E-state index contributed by atoms with van der Waals surface area (Å²) in [6.45, 7) is 1.32. The maximum absolute atomic E-state index is 13.0. The number of rotatable bonds is 1. The summed E-state index contributed by atoms with van der Waals surface area (Å²) in [6.07, 6.45) is 1.01. The molecule has 1 aromatic rings. The first-order valence-corrected chi connectivity index (χ1v) is 5.42. The van der Waals surface area contributed by atoms with Crippen LogP contribution in [0.2, 0.25) is 0 Å². The molecule has 0 spiro atoms. The van der Waals surface area contributed by atoms with E-state index in [-0.39, 0.29) is 17.3 Å². The molecule has 1 heterocycles. The summed E-state index contributed by atoms with van der Waals surface area (Å²) < 4.78 is 13.0. The monoisotopic (exact) mass is 220 g/mol. The third-order valence-electron chi connectivity index (χ3n) is 3.56. The fourth-order valence-electron chi connectivity index (χ4n) is 2.48. The van der Waals surface area contributed by atoms with Gasteiger partial charge >= 0.3 is 0 Å². The number of halogens is 1. The molecule has 0 bridgehead atoms. The Balaban J connectivity index is 1.79. The van der Waals surface area contributed by atoms with Crippen LogP contribution in [0.3, 0.4) is 0 Å². The van der Waals surface area contributed by atoms with Crippen molar-refractivity contribution in [2.45, 2.75) is 12.0 Å². The lowest BCUT2D eigenvalue weighted by Crippen LogP contribution is -2.37. The third kappa shape index (κ3) is 1.41. The second kappa shape index (κ2) is 3.04. The van der Waals surface area contributed by atoms with Gasteiger partial charge in [0.2, 0.25) is 0 Å². The zero-order chi connectivity index (χ0) is 11.3. The van der Waals surface area contributed by atoms with Crippen LogP contribution >= 0.6 is 0 Å². The van der Waals surface area contributed by atoms with Gasteiger partial charge in [-0.2, -0.15) is 0 Å². The average Bonchev–Trinajstić information content (AvgIpc) is 2.76. The minimum atomic E-state index is -0.377. The number of carbonyl (C=O) groups excluding carboxylic acids is 1. The molecule has 1 aliphatic heterocycles. The minimum absolute atomic E-state index is 0.114. The van der Waals surface area contributed by atoms with Crippen molar-refractivity contribution in [2.24, 2.45) is 11.7 Å². The van der Waals surface area contributed by atoms with Crippen LogP contribution in [-0.4, -0.2) is 29.4 Å². The predicted molar refractivity (Wildman–Crippen MR) is 57.3 cm³/mol. The number of piperidine rings is 1. The molecule has 1 saturated heterocycles. The summed E-state index contributed by atoms with van der Waals surface area (Å²) in [5.74, 6) is -0.0424. The smallest absolute Gasteiger partial charge is 0.254 e. The Labute approximate surface area is 93.0 Å². The van der Waals surface area contributed by atoms with Crippen LogP contribution in [-0.2, 0) is 0 Å². The van der Waals surface area contributed by atoms with Gasteiger partial charge in [0.05, 0.1) is 0 Å². The second-order valence-corrected chi connectivity index (χ2v) is 4.83. The van der Waals surface area contributed by atoms with Crippen molar-refractivity contribution in [3.63, 3.8) is 0 Å². The molecule has 1 saturated carbocycles. The molecule has 1 aliphatic carbocycles. The van der Waals surface area contributed by atoms with Crippen LogP contribution in [0.1, 0.15) is 16.8 Å². The van der Waals surface area contributed by atoms with Crippen molar-refractivity contribution in [3.05, 3.63) is 35.6 Å². The molecular formula is C12H13FN2O. The van der Waals surface area contributed by atoms with E-state index in [1.54, 1.807) is 17.0 Å². The molecule has 3 nitrogen and oxygen atoms in total. The molecule has 3 rings (SSSR count). The first kappa shape index (κ1) is 9.78. The maximum atomic E-state index is 13.0. The maximum Gasteiger partial charge on any atom is 0.254 e. The lowest BCUT2D eigenvalue weighted by atomic mass is 10.2. The van der Waals surface area contributed by atoms with E-state index in [1.165, 1.54) is 12.1 Å². The Morgan fingerprint density at radius 2 is 2.38 bits per heavy atom. The number of hydrogen-bond acceptors (Lipinski definition) is 2. The first-order valence-electron chi connectivity index (χ1n) is 5.42. The largest absolute Gasteiger partial charge is 0.336 e. The number of nitrogens with two attached hydrogens (primary N) is 1. The van der Waals surface area contributed by atoms with Gasteiger partial charge in [0.15, 0.2) is 0 Å². The summed E-state index contributed by atoms with van der Waals surface area (Å²) in [6, 6.07) is 5.80. The molecule has 0 unspecified atom stereocenters. The molecule has 84 valence electrons. The quantitative estimate of drug-likeness (QED) is 0.767. The van der Waals surface area contributed by atoms with Gasteiger partial charge in [-0.3, -0.25) is 4.79 Å². The van der Waals surface area contributed by atoms with E-state index in [1.807, 2.05) is 0 Å². The highest BCUT2D eigenvalue weighted by Crippen LogP contribution is 2.47. The number of amides is 1. The van der Waals surface area contributed by atoms with Crippen LogP contribution in [0.5, 0.6) is 0 Å². The van der Waals surface area contributed by atoms with Gasteiger partial charge in [0.1, 0.15) is 5.82 Å². The molecule has 1 aromatic carbocycles. The molecule has 2 atom stereocenters. The number of nitrogens with zero attached hydrogens (tertiary/aromatic N) is 1. The van der Waals surface area contributed by atoms with Crippen LogP contribution in [0.25, 0.3) is 0 Å². The molecular weight excluding hydrogens is 207 g/mol. The SMILES string of the molecule is N[C@@]12C[C@H]1CN(C(=O)c1cccc(F)c1)C2. The third-order valence-corrected chi connectivity index (χ3v) is 3.56. The van der Waals surface area contributed by atoms with Crippen LogP contribution in [0.15, 0.2) is 24.3 Å². The second-order valence-electron chi connectivity index (χ2n) is 4.83. The van der Waals surface area contributed by atoms with Crippen molar-refractivity contribution in [1.29, 1.82) is 0 Å². The van der Waals surface area contributed by atoms with Crippen molar-refractivity contribution in [1.82, 2.24) is 4.90 Å². The summed E-state index contributed by atoms with van der Waals surface area (Å²) >= 11 is 0. The Morgan fingerprint density at radius 1 is 1.56 bits per heavy atom. The molecule has 0 radical (unpaired) electrons. The van der Waals surface area contributed by atoms with Crippen LogP contribution in [0, 0.1) is 11.7 Å². The van der Waals surface area contributed by atoms with Gasteiger partial charge in [-0.1, -0.05) is 6.07 Å². The van der Waals surface area contributed by atoms with Crippen LogP contribution in [0.4, 0.5) is 4.39 Å². The average molecular weight is 220 g/mol. The van der Waals surface area contributed by atoms with Gasteiger partial charge in [0.25, 0.3) is 5.91 Å². The van der Waals surface area contributed by atoms with Gasteiger partial charge in [0, 0.05) is 24.2 Å². The number of likely N-dealkylation sites (tertiary alicyclic amines) is 1. The van der Waals surface area contributed by atoms with Crippen molar-refractivity contribution in [3.8, 4) is 0 Å². The van der Waals surface area contributed by atoms with Gasteiger partial charge in [-0.05, 0) is 30.5 Å². The van der Waals surface area contributed by atoms with Crippen molar-refractivity contribution < 1.29 is 9.18 Å². The molecule has 2 fully saturated rings. The summed E-state index contributed by atoms with van der Waals surface area (Å²) in [5, 5.41) is 0. The van der Waals surface area contributed by atoms with E-state index >= 15 is 0 Å². The molecule has 1 amide bonds. The summed E-state index contributed by atoms with van der Waals surface area (Å²) in [4.78, 5) is 13.7. The Hall–Kier alpha value is -1.42. The lowest BCUT2D eigenvalue weighted by Gasteiger charge is -2.19. The van der Waals surface area contributed by atoms with E-state index in [0.717, 1.165) is 6.42 Å². The fourth-order valence-corrected chi connectivity index (χ4v) is 2.48. The zero-order valence-corrected chi connectivity index (χ0v) is 8.82. The summed E-state index contributed by atoms with van der Waals surface area (Å²) in [5.41, 5.74) is 6.28. The van der Waals surface area contributed by atoms with Gasteiger partial charge in [-0.15, -0.1) is 0 Å². The van der Waals surface area contributed by atoms with E-state index in [9.17, 15) is 9.18 Å². The normalized spacial score (nSPS) is 31.4. The first-order chi connectivity index (χ1) is 7.58. The Bertz CT molecular complexity index is 462. The highest BCUT2D eigenvalue weighted by molar-refractivity contribution is 5.94. The number of benzene rings is 1. The van der Waals surface area contributed by atoms with Crippen LogP contribution < -0.4 is 5.73 Å². The van der Waals surface area contributed by atoms with E-state index < -0.39 is 0 Å². The number of hydrogen-bond donors (Lipinski definition) is 1. The Morgan fingerprint density at radius 3 is 3.00 bits per heavy atom. The molecule has 0 aromatic heterocycles. The van der Waals surface area contributed by atoms with E-state index in [0.29, 0.717) is 24.6 Å². The van der Waals surface area contributed by atoms with Gasteiger partial charge in [-0.25, -0.2) is 4.39 Å². The van der Waals surface area contributed by atoms with E-state index in [2.05, 4.69) is 0 Å². The standard InChI is InChI=1S/C12H13FN2O/c13-10-3-1-2-8(4-10)11(16)15-6-9-5-12(9,14)7-15/h1-4,9H,5-7,14H2/t9-,12+/m0/s1. The van der Waals surface area contributed by atoms with Gasteiger partial charge < -0.3 is 10.6 Å². The predicted octanol–water partition coefficient (Wildman–Crippen LogP) is 0.999. The Kier molecular flexibility index (Phi) is 1.86. The fraction of sp³-hybridized carbons (Fsp3) is 0.417. The highest BCUT2D eigenvalue weighted by Gasteiger charge is 2.58. The van der Waals surface area contributed by atoms with Crippen molar-refractivity contribution >= 4 is 5.91 Å². The molecule has 2 N–H and O–H groups in total. The summed E-state index contributed by atoms with van der Waals surface area (Å²) in [7, 11) is 0. The number of fused-ring (bicyclic) bond motifs is 1. The molecule has 4 heteroatoms. The molecule has 2 aliphatic rings. The topological polar surface area (TPSA) is 46.3 Å². The molecule has 16 heavy (non-hydrogen) atoms. The lowest BCUT2D eigenvalue weighted by molar-refractivity contribution is 0.0772. The van der Waals surface area contributed by atoms with E-state index in [4.69, 9.17) is 5.73 Å². The van der Waals surface area contributed by atoms with Crippen molar-refractivity contribution in [2.75, 3.05) is 13.1 Å². The highest BCUT2D eigenvalue weighted by atomic mass is 19.1. The minimum Gasteiger partial charge on any atom is -0.336 e. The zero-order valence-electron chi connectivity index (χ0n) is 8.82.